The van der Waals surface area contributed by atoms with E-state index in [2.05, 4.69) is 23.2 Å². The quantitative estimate of drug-likeness (QED) is 0.237. The van der Waals surface area contributed by atoms with Crippen LogP contribution >= 0.6 is 0 Å². The standard InChI is InChI=1S/C35H42N2O7/c1-23-31(20-37-16-4-9-30(37)22-39)43-35(44-34(23)26-12-10-24(21-38)11-13-26)29-8-3-7-28(18-29)27-6-2-5-25(17-27)19-36-32(40)14-15-33(41)42/h2-3,5-8,10-13,17-18,23,30-31,34-35,38-39H,4,9,14-16,19-22H2,1H3,(H,36,40)(H,41,42)/t23-,30-,31+,34+,35+/m0/s1. The summed E-state index contributed by atoms with van der Waals surface area (Å²) in [5.74, 6) is -1.24. The van der Waals surface area contributed by atoms with Crippen molar-refractivity contribution >= 4 is 11.9 Å². The van der Waals surface area contributed by atoms with Crippen LogP contribution in [-0.2, 0) is 32.2 Å². The zero-order valence-electron chi connectivity index (χ0n) is 25.1. The third-order valence-corrected chi connectivity index (χ3v) is 8.72. The summed E-state index contributed by atoms with van der Waals surface area (Å²) in [5.41, 5.74) is 5.63. The number of likely N-dealkylation sites (tertiary alicyclic amines) is 1. The number of carboxylic acid groups (broad SMARTS) is 1. The predicted octanol–water partition coefficient (Wildman–Crippen LogP) is 4.58. The van der Waals surface area contributed by atoms with Gasteiger partial charge in [0.25, 0.3) is 0 Å². The molecule has 5 rings (SSSR count). The Morgan fingerprint density at radius 3 is 2.39 bits per heavy atom. The molecular weight excluding hydrogens is 560 g/mol. The minimum absolute atomic E-state index is 0.0156. The van der Waals surface area contributed by atoms with Crippen LogP contribution in [0.5, 0.6) is 0 Å². The molecule has 1 amide bonds. The zero-order valence-corrected chi connectivity index (χ0v) is 25.1. The van der Waals surface area contributed by atoms with Gasteiger partial charge in [-0.25, -0.2) is 0 Å². The van der Waals surface area contributed by atoms with Gasteiger partial charge in [0.05, 0.1) is 31.8 Å². The summed E-state index contributed by atoms with van der Waals surface area (Å²) in [6, 6.07) is 24.0. The molecule has 0 aliphatic carbocycles. The lowest BCUT2D eigenvalue weighted by Gasteiger charge is -2.43. The maximum atomic E-state index is 12.0. The highest BCUT2D eigenvalue weighted by Gasteiger charge is 2.40. The molecule has 44 heavy (non-hydrogen) atoms. The van der Waals surface area contributed by atoms with Gasteiger partial charge in [-0.05, 0) is 59.3 Å². The molecule has 9 nitrogen and oxygen atoms in total. The van der Waals surface area contributed by atoms with Crippen LogP contribution in [0, 0.1) is 5.92 Å². The Hall–Kier alpha value is -3.60. The van der Waals surface area contributed by atoms with Gasteiger partial charge in [-0.1, -0.05) is 67.6 Å². The van der Waals surface area contributed by atoms with Crippen LogP contribution in [0.25, 0.3) is 11.1 Å². The van der Waals surface area contributed by atoms with Gasteiger partial charge in [0.15, 0.2) is 6.29 Å². The molecule has 0 bridgehead atoms. The van der Waals surface area contributed by atoms with Crippen LogP contribution < -0.4 is 5.32 Å². The molecule has 0 unspecified atom stereocenters. The van der Waals surface area contributed by atoms with E-state index in [-0.39, 0.29) is 56.1 Å². The van der Waals surface area contributed by atoms with Gasteiger partial charge in [-0.15, -0.1) is 0 Å². The third kappa shape index (κ3) is 7.91. The molecule has 234 valence electrons. The van der Waals surface area contributed by atoms with Crippen molar-refractivity contribution in [2.24, 2.45) is 5.92 Å². The van der Waals surface area contributed by atoms with Crippen LogP contribution in [0.4, 0.5) is 0 Å². The van der Waals surface area contributed by atoms with E-state index in [4.69, 9.17) is 14.6 Å². The van der Waals surface area contributed by atoms with Crippen molar-refractivity contribution < 1.29 is 34.4 Å². The average Bonchev–Trinajstić information content (AvgIpc) is 3.51. The van der Waals surface area contributed by atoms with Crippen LogP contribution in [0.3, 0.4) is 0 Å². The fourth-order valence-corrected chi connectivity index (χ4v) is 6.14. The van der Waals surface area contributed by atoms with Crippen molar-refractivity contribution in [2.75, 3.05) is 19.7 Å². The molecular formula is C35H42N2O7. The van der Waals surface area contributed by atoms with Crippen molar-refractivity contribution in [2.45, 2.75) is 70.3 Å². The maximum absolute atomic E-state index is 12.0. The first kappa shape index (κ1) is 31.8. The summed E-state index contributed by atoms with van der Waals surface area (Å²) in [6.45, 7) is 4.22. The third-order valence-electron chi connectivity index (χ3n) is 8.72. The SMILES string of the molecule is C[C@H]1[C@@H](CN2CCC[C@H]2CO)O[C@@H](c2cccc(-c3cccc(CNC(=O)CCC(=O)O)c3)c2)O[C@H]1c1ccc(CO)cc1. The Morgan fingerprint density at radius 1 is 0.909 bits per heavy atom. The maximum Gasteiger partial charge on any atom is 0.303 e. The Kier molecular flexibility index (Phi) is 10.8. The molecule has 5 atom stereocenters. The average molecular weight is 603 g/mol. The van der Waals surface area contributed by atoms with E-state index in [9.17, 15) is 19.8 Å². The summed E-state index contributed by atoms with van der Waals surface area (Å²) >= 11 is 0. The second-order valence-corrected chi connectivity index (χ2v) is 11.8. The molecule has 9 heteroatoms. The number of carbonyl (C=O) groups excluding carboxylic acids is 1. The van der Waals surface area contributed by atoms with Crippen molar-refractivity contribution in [1.82, 2.24) is 10.2 Å². The molecule has 2 fully saturated rings. The van der Waals surface area contributed by atoms with E-state index < -0.39 is 12.3 Å². The number of carboxylic acids is 1. The van der Waals surface area contributed by atoms with Crippen molar-refractivity contribution in [3.05, 3.63) is 95.1 Å². The van der Waals surface area contributed by atoms with Gasteiger partial charge in [-0.3, -0.25) is 14.5 Å². The van der Waals surface area contributed by atoms with E-state index in [1.165, 1.54) is 0 Å². The number of rotatable bonds is 12. The smallest absolute Gasteiger partial charge is 0.303 e. The number of amides is 1. The first-order chi connectivity index (χ1) is 21.3. The highest BCUT2D eigenvalue weighted by atomic mass is 16.7. The normalized spacial score (nSPS) is 23.8. The van der Waals surface area contributed by atoms with Gasteiger partial charge in [0.2, 0.25) is 5.91 Å². The van der Waals surface area contributed by atoms with Gasteiger partial charge in [0, 0.05) is 37.0 Å². The summed E-state index contributed by atoms with van der Waals surface area (Å²) < 4.78 is 13.4. The number of benzene rings is 3. The topological polar surface area (TPSA) is 129 Å². The monoisotopic (exact) mass is 602 g/mol. The van der Waals surface area contributed by atoms with Gasteiger partial charge < -0.3 is 30.1 Å². The number of nitrogens with zero attached hydrogens (tertiary/aromatic N) is 1. The predicted molar refractivity (Wildman–Crippen MR) is 165 cm³/mol. The van der Waals surface area contributed by atoms with Crippen LogP contribution in [-0.4, -0.2) is 63.9 Å². The second kappa shape index (κ2) is 14.9. The molecule has 0 saturated carbocycles. The Bertz CT molecular complexity index is 1410. The largest absolute Gasteiger partial charge is 0.481 e. The summed E-state index contributed by atoms with van der Waals surface area (Å²) in [4.78, 5) is 25.1. The van der Waals surface area contributed by atoms with Crippen LogP contribution in [0.2, 0.25) is 0 Å². The minimum atomic E-state index is -0.995. The van der Waals surface area contributed by atoms with Crippen molar-refractivity contribution in [3.63, 3.8) is 0 Å². The Morgan fingerprint density at radius 2 is 1.66 bits per heavy atom. The summed E-state index contributed by atoms with van der Waals surface area (Å²) in [7, 11) is 0. The second-order valence-electron chi connectivity index (χ2n) is 11.8. The number of hydrogen-bond donors (Lipinski definition) is 4. The molecule has 4 N–H and O–H groups in total. The van der Waals surface area contributed by atoms with Gasteiger partial charge >= 0.3 is 5.97 Å². The number of aliphatic carboxylic acids is 1. The fourth-order valence-electron chi connectivity index (χ4n) is 6.14. The lowest BCUT2D eigenvalue weighted by molar-refractivity contribution is -0.276. The number of aliphatic hydroxyl groups excluding tert-OH is 2. The van der Waals surface area contributed by atoms with Crippen LogP contribution in [0.1, 0.15) is 67.3 Å². The number of hydrogen-bond acceptors (Lipinski definition) is 7. The Labute approximate surface area is 258 Å². The molecule has 3 aromatic rings. The van der Waals surface area contributed by atoms with Gasteiger partial charge in [0.1, 0.15) is 0 Å². The first-order valence-corrected chi connectivity index (χ1v) is 15.4. The molecule has 0 radical (unpaired) electrons. The minimum Gasteiger partial charge on any atom is -0.481 e. The summed E-state index contributed by atoms with van der Waals surface area (Å²) in [5, 5.41) is 31.1. The van der Waals surface area contributed by atoms with E-state index in [1.54, 1.807) is 0 Å². The van der Waals surface area contributed by atoms with E-state index in [0.717, 1.165) is 52.8 Å². The highest BCUT2D eigenvalue weighted by Crippen LogP contribution is 2.43. The molecule has 2 saturated heterocycles. The van der Waals surface area contributed by atoms with Crippen molar-refractivity contribution in [3.8, 4) is 11.1 Å². The molecule has 2 aliphatic heterocycles. The molecule has 2 heterocycles. The number of ether oxygens (including phenoxy) is 2. The lowest BCUT2D eigenvalue weighted by Crippen LogP contribution is -2.46. The van der Waals surface area contributed by atoms with E-state index in [1.807, 2.05) is 66.7 Å². The van der Waals surface area contributed by atoms with E-state index >= 15 is 0 Å². The molecule has 0 spiro atoms. The van der Waals surface area contributed by atoms with E-state index in [0.29, 0.717) is 13.1 Å². The molecule has 0 aromatic heterocycles. The van der Waals surface area contributed by atoms with Gasteiger partial charge in [-0.2, -0.15) is 0 Å². The Balaban J connectivity index is 1.36. The number of carbonyl (C=O) groups is 2. The van der Waals surface area contributed by atoms with Crippen LogP contribution in [0.15, 0.2) is 72.8 Å². The summed E-state index contributed by atoms with van der Waals surface area (Å²) in [6.07, 6.45) is 0.841. The zero-order chi connectivity index (χ0) is 31.1. The highest BCUT2D eigenvalue weighted by molar-refractivity contribution is 5.80. The fraction of sp³-hybridized carbons (Fsp3) is 0.429. The first-order valence-electron chi connectivity index (χ1n) is 15.4. The molecule has 3 aromatic carbocycles. The number of nitrogens with one attached hydrogen (secondary N) is 1. The number of aliphatic hydroxyl groups is 2. The lowest BCUT2D eigenvalue weighted by atomic mass is 9.89. The molecule has 2 aliphatic rings. The van der Waals surface area contributed by atoms with Crippen molar-refractivity contribution in [1.29, 1.82) is 0 Å².